The average molecular weight is 379 g/mol. The Hall–Kier alpha value is -0.670. The minimum atomic E-state index is -3.66. The lowest BCUT2D eigenvalue weighted by atomic mass is 10.2. The minimum absolute atomic E-state index is 0.0768. The third kappa shape index (κ3) is 3.32. The van der Waals surface area contributed by atoms with Crippen molar-refractivity contribution in [3.63, 3.8) is 0 Å². The fourth-order valence-electron chi connectivity index (χ4n) is 1.76. The van der Waals surface area contributed by atoms with E-state index in [0.29, 0.717) is 12.2 Å². The Morgan fingerprint density at radius 2 is 2.30 bits per heavy atom. The third-order valence-electron chi connectivity index (χ3n) is 2.79. The highest BCUT2D eigenvalue weighted by Crippen LogP contribution is 2.29. The Morgan fingerprint density at radius 3 is 2.80 bits per heavy atom. The normalized spacial score (nSPS) is 13.6. The number of halogens is 1. The Morgan fingerprint density at radius 1 is 1.55 bits per heavy atom. The van der Waals surface area contributed by atoms with E-state index in [0.717, 1.165) is 4.88 Å². The van der Waals surface area contributed by atoms with Crippen LogP contribution in [0.25, 0.3) is 0 Å². The molecule has 2 aromatic heterocycles. The minimum Gasteiger partial charge on any atom is -0.452 e. The zero-order chi connectivity index (χ0) is 14.8. The van der Waals surface area contributed by atoms with E-state index in [-0.39, 0.29) is 22.2 Å². The van der Waals surface area contributed by atoms with Crippen LogP contribution in [-0.4, -0.2) is 8.42 Å². The van der Waals surface area contributed by atoms with E-state index in [9.17, 15) is 8.42 Å². The Kier molecular flexibility index (Phi) is 5.03. The highest BCUT2D eigenvalue weighted by molar-refractivity contribution is 9.10. The molecule has 110 valence electrons. The molecule has 2 heterocycles. The van der Waals surface area contributed by atoms with E-state index in [2.05, 4.69) is 20.7 Å². The van der Waals surface area contributed by atoms with Crippen molar-refractivity contribution in [3.8, 4) is 0 Å². The van der Waals surface area contributed by atoms with Gasteiger partial charge in [0.1, 0.15) is 10.7 Å². The molecule has 0 aliphatic rings. The number of nitrogens with one attached hydrogen (secondary N) is 1. The first-order chi connectivity index (χ1) is 9.47. The van der Waals surface area contributed by atoms with Crippen molar-refractivity contribution in [3.05, 3.63) is 38.9 Å². The van der Waals surface area contributed by atoms with Gasteiger partial charge in [-0.3, -0.25) is 0 Å². The Balaban J connectivity index is 2.28. The van der Waals surface area contributed by atoms with Crippen molar-refractivity contribution in [2.24, 2.45) is 5.73 Å². The molecule has 0 amide bonds. The van der Waals surface area contributed by atoms with Gasteiger partial charge in [0.15, 0.2) is 4.67 Å². The van der Waals surface area contributed by atoms with Crippen molar-refractivity contribution in [1.29, 1.82) is 0 Å². The molecule has 0 bridgehead atoms. The lowest BCUT2D eigenvalue weighted by molar-refractivity contribution is 0.482. The maximum atomic E-state index is 12.4. The summed E-state index contributed by atoms with van der Waals surface area (Å²) in [6.45, 7) is 2.08. The largest absolute Gasteiger partial charge is 0.452 e. The monoisotopic (exact) mass is 378 g/mol. The predicted molar refractivity (Wildman–Crippen MR) is 82.0 cm³/mol. The van der Waals surface area contributed by atoms with Crippen LogP contribution >= 0.6 is 27.3 Å². The molecule has 0 radical (unpaired) electrons. The summed E-state index contributed by atoms with van der Waals surface area (Å²) in [5.74, 6) is 0.418. The zero-order valence-electron chi connectivity index (χ0n) is 10.8. The lowest BCUT2D eigenvalue weighted by Gasteiger charge is -2.14. The molecule has 0 fully saturated rings. The first kappa shape index (κ1) is 15.7. The molecular formula is C12H15BrN2O3S2. The van der Waals surface area contributed by atoms with Gasteiger partial charge in [-0.15, -0.1) is 11.3 Å². The van der Waals surface area contributed by atoms with Crippen molar-refractivity contribution in [2.45, 2.75) is 30.8 Å². The smallest absolute Gasteiger partial charge is 0.245 e. The SMILES string of the molecule is CCC(NS(=O)(=O)c1cc(CN)oc1Br)c1cccs1. The summed E-state index contributed by atoms with van der Waals surface area (Å²) < 4.78 is 32.9. The average Bonchev–Trinajstić information content (AvgIpc) is 3.05. The number of nitrogens with two attached hydrogens (primary N) is 1. The molecular weight excluding hydrogens is 364 g/mol. The van der Waals surface area contributed by atoms with Gasteiger partial charge in [0, 0.05) is 10.9 Å². The van der Waals surface area contributed by atoms with Crippen LogP contribution in [0.5, 0.6) is 0 Å². The number of rotatable bonds is 6. The van der Waals surface area contributed by atoms with E-state index < -0.39 is 10.0 Å². The van der Waals surface area contributed by atoms with E-state index in [1.165, 1.54) is 17.4 Å². The first-order valence-corrected chi connectivity index (χ1v) is 9.17. The predicted octanol–water partition coefficient (Wildman–Crippen LogP) is 2.99. The molecule has 2 aromatic rings. The van der Waals surface area contributed by atoms with Crippen LogP contribution < -0.4 is 10.5 Å². The molecule has 0 aliphatic carbocycles. The van der Waals surface area contributed by atoms with Crippen molar-refractivity contribution >= 4 is 37.3 Å². The molecule has 0 aromatic carbocycles. The van der Waals surface area contributed by atoms with Crippen LogP contribution in [0.3, 0.4) is 0 Å². The van der Waals surface area contributed by atoms with Gasteiger partial charge in [-0.2, -0.15) is 0 Å². The van der Waals surface area contributed by atoms with E-state index in [1.807, 2.05) is 24.4 Å². The Bertz CT molecular complexity index is 665. The highest BCUT2D eigenvalue weighted by atomic mass is 79.9. The summed E-state index contributed by atoms with van der Waals surface area (Å²) in [4.78, 5) is 1.06. The van der Waals surface area contributed by atoms with Gasteiger partial charge in [0.2, 0.25) is 10.0 Å². The van der Waals surface area contributed by atoms with Crippen LogP contribution in [0.2, 0.25) is 0 Å². The molecule has 0 saturated carbocycles. The van der Waals surface area contributed by atoms with Crippen molar-refractivity contribution in [2.75, 3.05) is 0 Å². The van der Waals surface area contributed by atoms with E-state index in [1.54, 1.807) is 0 Å². The first-order valence-electron chi connectivity index (χ1n) is 6.02. The van der Waals surface area contributed by atoms with Gasteiger partial charge >= 0.3 is 0 Å². The van der Waals surface area contributed by atoms with Gasteiger partial charge in [-0.05, 0) is 33.8 Å². The third-order valence-corrected chi connectivity index (χ3v) is 6.10. The molecule has 0 spiro atoms. The van der Waals surface area contributed by atoms with Crippen LogP contribution in [-0.2, 0) is 16.6 Å². The molecule has 0 saturated heterocycles. The standard InChI is InChI=1S/C12H15BrN2O3S2/c1-2-9(10-4-3-5-19-10)15-20(16,17)11-6-8(7-14)18-12(11)13/h3-6,9,15H,2,7,14H2,1H3. The fourth-order valence-corrected chi connectivity index (χ4v) is 5.00. The van der Waals surface area contributed by atoms with Gasteiger partial charge in [-0.1, -0.05) is 13.0 Å². The van der Waals surface area contributed by atoms with Crippen molar-refractivity contribution < 1.29 is 12.8 Å². The summed E-state index contributed by atoms with van der Waals surface area (Å²) in [6, 6.07) is 5.00. The van der Waals surface area contributed by atoms with Crippen LogP contribution in [0, 0.1) is 0 Å². The highest BCUT2D eigenvalue weighted by Gasteiger charge is 2.25. The van der Waals surface area contributed by atoms with Gasteiger partial charge in [-0.25, -0.2) is 13.1 Å². The summed E-state index contributed by atoms with van der Waals surface area (Å²) in [6.07, 6.45) is 0.666. The Labute approximate surface area is 130 Å². The number of furan rings is 1. The molecule has 8 heteroatoms. The van der Waals surface area contributed by atoms with Crippen LogP contribution in [0.4, 0.5) is 0 Å². The molecule has 20 heavy (non-hydrogen) atoms. The van der Waals surface area contributed by atoms with Crippen LogP contribution in [0.1, 0.15) is 30.0 Å². The quantitative estimate of drug-likeness (QED) is 0.808. The summed E-state index contributed by atoms with van der Waals surface area (Å²) in [5, 5.41) is 1.92. The molecule has 1 unspecified atom stereocenters. The maximum Gasteiger partial charge on any atom is 0.245 e. The van der Waals surface area contributed by atoms with Crippen LogP contribution in [0.15, 0.2) is 37.6 Å². The van der Waals surface area contributed by atoms with Gasteiger partial charge in [0.25, 0.3) is 0 Å². The second kappa shape index (κ2) is 6.40. The molecule has 1 atom stereocenters. The fraction of sp³-hybridized carbons (Fsp3) is 0.333. The van der Waals surface area contributed by atoms with Crippen molar-refractivity contribution in [1.82, 2.24) is 4.72 Å². The second-order valence-electron chi connectivity index (χ2n) is 4.15. The zero-order valence-corrected chi connectivity index (χ0v) is 14.0. The van der Waals surface area contributed by atoms with E-state index in [4.69, 9.17) is 10.2 Å². The molecule has 5 nitrogen and oxygen atoms in total. The van der Waals surface area contributed by atoms with E-state index >= 15 is 0 Å². The molecule has 2 rings (SSSR count). The lowest BCUT2D eigenvalue weighted by Crippen LogP contribution is -2.27. The number of hydrogen-bond acceptors (Lipinski definition) is 5. The molecule has 0 aliphatic heterocycles. The maximum absolute atomic E-state index is 12.4. The number of hydrogen-bond donors (Lipinski definition) is 2. The second-order valence-corrected chi connectivity index (χ2v) is 7.53. The number of thiophene rings is 1. The number of sulfonamides is 1. The summed E-state index contributed by atoms with van der Waals surface area (Å²) in [7, 11) is -3.66. The summed E-state index contributed by atoms with van der Waals surface area (Å²) >= 11 is 4.64. The summed E-state index contributed by atoms with van der Waals surface area (Å²) in [5.41, 5.74) is 5.45. The topological polar surface area (TPSA) is 85.3 Å². The molecule has 3 N–H and O–H groups in total. The van der Waals surface area contributed by atoms with Gasteiger partial charge in [0.05, 0.1) is 12.6 Å². The van der Waals surface area contributed by atoms with Gasteiger partial charge < -0.3 is 10.2 Å².